The molecule has 0 aromatic rings. The van der Waals surface area contributed by atoms with Crippen molar-refractivity contribution in [3.63, 3.8) is 0 Å². The van der Waals surface area contributed by atoms with Gasteiger partial charge in [-0.1, -0.05) is 13.8 Å². The normalized spacial score (nSPS) is 18.8. The lowest BCUT2D eigenvalue weighted by atomic mass is 9.83. The van der Waals surface area contributed by atoms with Gasteiger partial charge in [0.15, 0.2) is 0 Å². The van der Waals surface area contributed by atoms with Crippen LogP contribution in [-0.4, -0.2) is 24.7 Å². The van der Waals surface area contributed by atoms with Crippen LogP contribution in [-0.2, 0) is 9.53 Å². The standard InChI is InChI=1S/C13H25NO2/c1-10(2)9-12(15)16-13(3,4)11-5-7-14-8-6-11/h10-11,14H,5-9H2,1-4H3. The molecule has 0 saturated carbocycles. The molecule has 0 aromatic heterocycles. The summed E-state index contributed by atoms with van der Waals surface area (Å²) in [6, 6.07) is 0. The number of nitrogens with one attached hydrogen (secondary N) is 1. The van der Waals surface area contributed by atoms with Crippen molar-refractivity contribution in [3.8, 4) is 0 Å². The van der Waals surface area contributed by atoms with Crippen LogP contribution in [0.25, 0.3) is 0 Å². The molecule has 1 aliphatic rings. The van der Waals surface area contributed by atoms with Gasteiger partial charge in [-0.3, -0.25) is 4.79 Å². The number of ether oxygens (including phenoxy) is 1. The summed E-state index contributed by atoms with van der Waals surface area (Å²) in [5.41, 5.74) is -0.311. The molecule has 0 bridgehead atoms. The summed E-state index contributed by atoms with van der Waals surface area (Å²) in [5, 5.41) is 3.33. The molecule has 1 saturated heterocycles. The second-order valence-corrected chi connectivity index (χ2v) is 5.70. The first-order valence-corrected chi connectivity index (χ1v) is 6.34. The van der Waals surface area contributed by atoms with Gasteiger partial charge < -0.3 is 10.1 Å². The molecule has 0 radical (unpaired) electrons. The summed E-state index contributed by atoms with van der Waals surface area (Å²) in [6.07, 6.45) is 2.72. The summed E-state index contributed by atoms with van der Waals surface area (Å²) in [5.74, 6) is 0.805. The van der Waals surface area contributed by atoms with Crippen molar-refractivity contribution >= 4 is 5.97 Å². The fourth-order valence-electron chi connectivity index (χ4n) is 2.27. The minimum absolute atomic E-state index is 0.0569. The maximum atomic E-state index is 11.7. The average molecular weight is 227 g/mol. The molecular weight excluding hydrogens is 202 g/mol. The molecule has 94 valence electrons. The Balaban J connectivity index is 2.45. The van der Waals surface area contributed by atoms with E-state index in [9.17, 15) is 4.79 Å². The Labute approximate surface area is 98.9 Å². The first-order valence-electron chi connectivity index (χ1n) is 6.34. The van der Waals surface area contributed by atoms with Gasteiger partial charge in [-0.15, -0.1) is 0 Å². The van der Waals surface area contributed by atoms with E-state index >= 15 is 0 Å². The third-order valence-corrected chi connectivity index (χ3v) is 3.27. The van der Waals surface area contributed by atoms with E-state index in [4.69, 9.17) is 4.74 Å². The van der Waals surface area contributed by atoms with E-state index in [-0.39, 0.29) is 11.6 Å². The molecule has 0 amide bonds. The van der Waals surface area contributed by atoms with E-state index in [1.165, 1.54) is 0 Å². The Hall–Kier alpha value is -0.570. The second kappa shape index (κ2) is 5.67. The smallest absolute Gasteiger partial charge is 0.306 e. The third kappa shape index (κ3) is 4.12. The van der Waals surface area contributed by atoms with E-state index in [0.29, 0.717) is 18.3 Å². The molecule has 3 nitrogen and oxygen atoms in total. The lowest BCUT2D eigenvalue weighted by Crippen LogP contribution is -2.42. The SMILES string of the molecule is CC(C)CC(=O)OC(C)(C)C1CCNCC1. The van der Waals surface area contributed by atoms with E-state index in [2.05, 4.69) is 5.32 Å². The van der Waals surface area contributed by atoms with Crippen LogP contribution in [0.2, 0.25) is 0 Å². The Morgan fingerprint density at radius 3 is 2.44 bits per heavy atom. The highest BCUT2D eigenvalue weighted by atomic mass is 16.6. The van der Waals surface area contributed by atoms with Crippen LogP contribution >= 0.6 is 0 Å². The first-order chi connectivity index (χ1) is 7.42. The minimum Gasteiger partial charge on any atom is -0.459 e. The quantitative estimate of drug-likeness (QED) is 0.749. The Bertz CT molecular complexity index is 230. The highest BCUT2D eigenvalue weighted by Gasteiger charge is 2.33. The van der Waals surface area contributed by atoms with Crippen LogP contribution < -0.4 is 5.32 Å². The maximum Gasteiger partial charge on any atom is 0.306 e. The lowest BCUT2D eigenvalue weighted by Gasteiger charge is -2.36. The highest BCUT2D eigenvalue weighted by molar-refractivity contribution is 5.70. The molecule has 0 atom stereocenters. The van der Waals surface area contributed by atoms with Gasteiger partial charge in [0.1, 0.15) is 5.60 Å². The van der Waals surface area contributed by atoms with E-state index in [1.807, 2.05) is 27.7 Å². The zero-order valence-corrected chi connectivity index (χ0v) is 11.0. The molecule has 0 unspecified atom stereocenters. The molecule has 0 aliphatic carbocycles. The summed E-state index contributed by atoms with van der Waals surface area (Å²) in [6.45, 7) is 10.2. The van der Waals surface area contributed by atoms with Gasteiger partial charge in [0.05, 0.1) is 0 Å². The fraction of sp³-hybridized carbons (Fsp3) is 0.923. The molecule has 1 heterocycles. The molecule has 0 aromatic carbocycles. The molecule has 1 rings (SSSR count). The molecule has 3 heteroatoms. The van der Waals surface area contributed by atoms with Crippen LogP contribution in [0.5, 0.6) is 0 Å². The average Bonchev–Trinajstić information content (AvgIpc) is 2.16. The second-order valence-electron chi connectivity index (χ2n) is 5.70. The first kappa shape index (κ1) is 13.5. The number of esters is 1. The molecule has 1 N–H and O–H groups in total. The Morgan fingerprint density at radius 2 is 1.94 bits per heavy atom. The number of hydrogen-bond donors (Lipinski definition) is 1. The zero-order chi connectivity index (χ0) is 12.2. The van der Waals surface area contributed by atoms with Crippen molar-refractivity contribution in [2.75, 3.05) is 13.1 Å². The largest absolute Gasteiger partial charge is 0.459 e. The number of hydrogen-bond acceptors (Lipinski definition) is 3. The van der Waals surface area contributed by atoms with Gasteiger partial charge >= 0.3 is 5.97 Å². The molecule has 1 aliphatic heterocycles. The van der Waals surface area contributed by atoms with Crippen molar-refractivity contribution < 1.29 is 9.53 Å². The van der Waals surface area contributed by atoms with Gasteiger partial charge in [0, 0.05) is 12.3 Å². The van der Waals surface area contributed by atoms with Gasteiger partial charge in [0.2, 0.25) is 0 Å². The van der Waals surface area contributed by atoms with Gasteiger partial charge in [-0.25, -0.2) is 0 Å². The van der Waals surface area contributed by atoms with Crippen LogP contribution in [0, 0.1) is 11.8 Å². The van der Waals surface area contributed by atoms with Crippen molar-refractivity contribution in [3.05, 3.63) is 0 Å². The topological polar surface area (TPSA) is 38.3 Å². The number of rotatable bonds is 4. The molecule has 0 spiro atoms. The van der Waals surface area contributed by atoms with Crippen molar-refractivity contribution in [2.45, 2.75) is 52.6 Å². The van der Waals surface area contributed by atoms with Crippen molar-refractivity contribution in [1.29, 1.82) is 0 Å². The van der Waals surface area contributed by atoms with E-state index < -0.39 is 0 Å². The van der Waals surface area contributed by atoms with Crippen LogP contribution in [0.3, 0.4) is 0 Å². The van der Waals surface area contributed by atoms with E-state index in [1.54, 1.807) is 0 Å². The summed E-state index contributed by atoms with van der Waals surface area (Å²) in [7, 11) is 0. The van der Waals surface area contributed by atoms with Crippen molar-refractivity contribution in [1.82, 2.24) is 5.32 Å². The molecular formula is C13H25NO2. The number of piperidine rings is 1. The minimum atomic E-state index is -0.311. The summed E-state index contributed by atoms with van der Waals surface area (Å²) < 4.78 is 5.62. The lowest BCUT2D eigenvalue weighted by molar-refractivity contribution is -0.163. The summed E-state index contributed by atoms with van der Waals surface area (Å²) >= 11 is 0. The molecule has 1 fully saturated rings. The molecule has 16 heavy (non-hydrogen) atoms. The predicted octanol–water partition coefficient (Wildman–Crippen LogP) is 2.35. The van der Waals surface area contributed by atoms with Crippen molar-refractivity contribution in [2.24, 2.45) is 11.8 Å². The van der Waals surface area contributed by atoms with E-state index in [0.717, 1.165) is 25.9 Å². The monoisotopic (exact) mass is 227 g/mol. The maximum absolute atomic E-state index is 11.7. The predicted molar refractivity (Wildman–Crippen MR) is 65.2 cm³/mol. The van der Waals surface area contributed by atoms with Gasteiger partial charge in [-0.05, 0) is 45.7 Å². The van der Waals surface area contributed by atoms with Gasteiger partial charge in [-0.2, -0.15) is 0 Å². The Kier molecular flexibility index (Phi) is 4.78. The van der Waals surface area contributed by atoms with Gasteiger partial charge in [0.25, 0.3) is 0 Å². The van der Waals surface area contributed by atoms with Crippen LogP contribution in [0.1, 0.15) is 47.0 Å². The van der Waals surface area contributed by atoms with Crippen LogP contribution in [0.15, 0.2) is 0 Å². The number of carbonyl (C=O) groups excluding carboxylic acids is 1. The highest BCUT2D eigenvalue weighted by Crippen LogP contribution is 2.29. The zero-order valence-electron chi connectivity index (χ0n) is 11.0. The Morgan fingerprint density at radius 1 is 1.38 bits per heavy atom. The third-order valence-electron chi connectivity index (χ3n) is 3.27. The fourth-order valence-corrected chi connectivity index (χ4v) is 2.27. The van der Waals surface area contributed by atoms with Crippen LogP contribution in [0.4, 0.5) is 0 Å². The summed E-state index contributed by atoms with van der Waals surface area (Å²) in [4.78, 5) is 11.7. The number of carbonyl (C=O) groups is 1.